The van der Waals surface area contributed by atoms with Gasteiger partial charge in [-0.15, -0.1) is 0 Å². The van der Waals surface area contributed by atoms with Crippen molar-refractivity contribution >= 4 is 33.7 Å². The second kappa shape index (κ2) is 14.5. The number of alkyl carbamates (subject to hydrolysis) is 1. The molecule has 2 aliphatic rings. The molecule has 0 radical (unpaired) electrons. The van der Waals surface area contributed by atoms with Gasteiger partial charge in [-0.1, -0.05) is 30.4 Å². The van der Waals surface area contributed by atoms with E-state index in [0.717, 1.165) is 83.6 Å². The fourth-order valence-corrected chi connectivity index (χ4v) is 5.86. The number of nitrogens with one attached hydrogen (secondary N) is 2. The molecule has 10 heteroatoms. The van der Waals surface area contributed by atoms with Gasteiger partial charge >= 0.3 is 6.09 Å². The van der Waals surface area contributed by atoms with E-state index in [1.54, 1.807) is 20.2 Å². The van der Waals surface area contributed by atoms with Crippen LogP contribution in [0.2, 0.25) is 0 Å². The second-order valence-electron chi connectivity index (χ2n) is 12.9. The van der Waals surface area contributed by atoms with E-state index in [2.05, 4.69) is 63.1 Å². The molecule has 0 bridgehead atoms. The van der Waals surface area contributed by atoms with Crippen LogP contribution < -0.4 is 15.4 Å². The highest BCUT2D eigenvalue weighted by Crippen LogP contribution is 2.37. The first-order chi connectivity index (χ1) is 22.3. The zero-order valence-corrected chi connectivity index (χ0v) is 26.8. The monoisotopic (exact) mass is 627 g/mol. The molecule has 10 nitrogen and oxygen atoms in total. The number of allylic oxidation sites excluding steroid dienone is 2. The summed E-state index contributed by atoms with van der Waals surface area (Å²) in [6, 6.07) is 12.6. The third kappa shape index (κ3) is 8.55. The second-order valence-corrected chi connectivity index (χ2v) is 12.9. The van der Waals surface area contributed by atoms with Crippen LogP contribution >= 0.6 is 0 Å². The number of benzene rings is 2. The third-order valence-electron chi connectivity index (χ3n) is 8.21. The Morgan fingerprint density at radius 2 is 1.78 bits per heavy atom. The summed E-state index contributed by atoms with van der Waals surface area (Å²) in [5.41, 5.74) is 1.83. The molecule has 0 saturated heterocycles. The molecule has 0 spiro atoms. The standard InChI is InChI=1S/C36H45N5O5/c1-36(2,43)23-41-22-31(27-11-10-26-21-30(45-29-14-15-29)13-12-25(26)20-27)32-33(39-24-40-34(32)41)37-16-18-44-19-17-38-35(42)46-28-8-6-4-3-5-7-9-28/h3-4,10-13,20-22,24,28-29,43H,5-9,14-19,23H2,1-2H3,(H,38,42)(H,37,39,40)/b4-3+. The highest BCUT2D eigenvalue weighted by molar-refractivity contribution is 6.03. The first-order valence-electron chi connectivity index (χ1n) is 16.5. The van der Waals surface area contributed by atoms with Crippen molar-refractivity contribution in [2.45, 2.75) is 83.1 Å². The van der Waals surface area contributed by atoms with Gasteiger partial charge in [-0.05, 0) is 93.3 Å². The molecule has 0 aliphatic heterocycles. The van der Waals surface area contributed by atoms with Crippen LogP contribution in [0.5, 0.6) is 5.75 Å². The van der Waals surface area contributed by atoms with E-state index < -0.39 is 5.60 Å². The molecule has 3 N–H and O–H groups in total. The summed E-state index contributed by atoms with van der Waals surface area (Å²) in [5.74, 6) is 1.60. The number of nitrogens with zero attached hydrogens (tertiary/aromatic N) is 3. The molecule has 244 valence electrons. The van der Waals surface area contributed by atoms with Gasteiger partial charge in [0, 0.05) is 24.8 Å². The Bertz CT molecular complexity index is 1670. The lowest BCUT2D eigenvalue weighted by Crippen LogP contribution is -2.32. The van der Waals surface area contributed by atoms with Crippen LogP contribution in [-0.2, 0) is 16.0 Å². The summed E-state index contributed by atoms with van der Waals surface area (Å²) in [7, 11) is 0. The number of carbonyl (C=O) groups excluding carboxylic acids is 1. The van der Waals surface area contributed by atoms with Gasteiger partial charge in [0.2, 0.25) is 0 Å². The lowest BCUT2D eigenvalue weighted by molar-refractivity contribution is 0.0627. The van der Waals surface area contributed by atoms with Crippen molar-refractivity contribution in [3.63, 3.8) is 0 Å². The van der Waals surface area contributed by atoms with Crippen LogP contribution in [0.4, 0.5) is 10.6 Å². The van der Waals surface area contributed by atoms with E-state index in [9.17, 15) is 9.90 Å². The Morgan fingerprint density at radius 1 is 0.978 bits per heavy atom. The number of rotatable bonds is 13. The summed E-state index contributed by atoms with van der Waals surface area (Å²) < 4.78 is 19.4. The molecule has 1 unspecified atom stereocenters. The molecule has 2 aliphatic carbocycles. The number of aromatic nitrogens is 3. The Balaban J connectivity index is 1.09. The van der Waals surface area contributed by atoms with Crippen molar-refractivity contribution in [1.82, 2.24) is 19.9 Å². The lowest BCUT2D eigenvalue weighted by atomic mass is 10.0. The predicted molar refractivity (Wildman–Crippen MR) is 180 cm³/mol. The number of hydrogen-bond acceptors (Lipinski definition) is 8. The van der Waals surface area contributed by atoms with Crippen LogP contribution in [0.15, 0.2) is 61.1 Å². The molecule has 46 heavy (non-hydrogen) atoms. The number of anilines is 1. The highest BCUT2D eigenvalue weighted by atomic mass is 16.6. The van der Waals surface area contributed by atoms with Gasteiger partial charge in [0.1, 0.15) is 29.6 Å². The molecule has 2 heterocycles. The van der Waals surface area contributed by atoms with Crippen molar-refractivity contribution in [3.8, 4) is 16.9 Å². The molecule has 2 aromatic heterocycles. The van der Waals surface area contributed by atoms with E-state index in [1.807, 2.05) is 16.8 Å². The minimum Gasteiger partial charge on any atom is -0.490 e. The van der Waals surface area contributed by atoms with Crippen LogP contribution in [0.25, 0.3) is 32.9 Å². The average Bonchev–Trinajstić information content (AvgIpc) is 3.76. The van der Waals surface area contributed by atoms with Crippen molar-refractivity contribution in [1.29, 1.82) is 0 Å². The van der Waals surface area contributed by atoms with E-state index >= 15 is 0 Å². The smallest absolute Gasteiger partial charge is 0.407 e. The van der Waals surface area contributed by atoms with Crippen LogP contribution in [-0.4, -0.2) is 69.8 Å². The summed E-state index contributed by atoms with van der Waals surface area (Å²) >= 11 is 0. The molecule has 2 aromatic carbocycles. The summed E-state index contributed by atoms with van der Waals surface area (Å²) in [5, 5.41) is 20.0. The molecular formula is C36H45N5O5. The van der Waals surface area contributed by atoms with E-state index in [1.165, 1.54) is 0 Å². The maximum atomic E-state index is 12.2. The first kappa shape index (κ1) is 31.8. The van der Waals surface area contributed by atoms with E-state index in [0.29, 0.717) is 44.8 Å². The number of ether oxygens (including phenoxy) is 3. The number of carbonyl (C=O) groups is 1. The van der Waals surface area contributed by atoms with Crippen molar-refractivity contribution in [3.05, 3.63) is 61.1 Å². The van der Waals surface area contributed by atoms with Gasteiger partial charge in [-0.3, -0.25) is 0 Å². The SMILES string of the molecule is CC(C)(O)Cn1cc(-c2ccc3cc(OC4CC4)ccc3c2)c2c(NCCOCCNC(=O)OC3CC/C=C/CCC3)ncnc21. The minimum atomic E-state index is -0.927. The Morgan fingerprint density at radius 3 is 2.63 bits per heavy atom. The maximum Gasteiger partial charge on any atom is 0.407 e. The highest BCUT2D eigenvalue weighted by Gasteiger charge is 2.24. The minimum absolute atomic E-state index is 0.0306. The van der Waals surface area contributed by atoms with E-state index in [-0.39, 0.29) is 12.2 Å². The summed E-state index contributed by atoms with van der Waals surface area (Å²) in [4.78, 5) is 21.4. The van der Waals surface area contributed by atoms with Gasteiger partial charge < -0.3 is 34.5 Å². The summed E-state index contributed by atoms with van der Waals surface area (Å²) in [6.45, 7) is 5.66. The van der Waals surface area contributed by atoms with Gasteiger partial charge in [-0.25, -0.2) is 14.8 Å². The molecule has 4 aromatic rings. The summed E-state index contributed by atoms with van der Waals surface area (Å²) in [6.07, 6.45) is 14.9. The zero-order chi connectivity index (χ0) is 31.9. The van der Waals surface area contributed by atoms with Crippen molar-refractivity contribution < 1.29 is 24.1 Å². The molecule has 1 fully saturated rings. The lowest BCUT2D eigenvalue weighted by Gasteiger charge is -2.18. The fraction of sp³-hybridized carbons (Fsp3) is 0.472. The zero-order valence-electron chi connectivity index (χ0n) is 26.8. The number of fused-ring (bicyclic) bond motifs is 2. The third-order valence-corrected chi connectivity index (χ3v) is 8.21. The Labute approximate surface area is 270 Å². The van der Waals surface area contributed by atoms with Gasteiger partial charge in [0.25, 0.3) is 0 Å². The Hall–Kier alpha value is -4.15. The normalized spacial score (nSPS) is 17.8. The Kier molecular flexibility index (Phi) is 10.0. The van der Waals surface area contributed by atoms with Gasteiger partial charge in [0.05, 0.1) is 36.8 Å². The number of amides is 1. The quantitative estimate of drug-likeness (QED) is 0.112. The molecule has 6 rings (SSSR count). The molecule has 1 atom stereocenters. The largest absolute Gasteiger partial charge is 0.490 e. The van der Waals surface area contributed by atoms with Crippen molar-refractivity contribution in [2.24, 2.45) is 0 Å². The predicted octanol–water partition coefficient (Wildman–Crippen LogP) is 6.61. The van der Waals surface area contributed by atoms with Gasteiger partial charge in [-0.2, -0.15) is 0 Å². The van der Waals surface area contributed by atoms with Crippen molar-refractivity contribution in [2.75, 3.05) is 31.6 Å². The topological polar surface area (TPSA) is 120 Å². The van der Waals surface area contributed by atoms with Crippen LogP contribution in [0.3, 0.4) is 0 Å². The van der Waals surface area contributed by atoms with E-state index in [4.69, 9.17) is 14.2 Å². The number of hydrogen-bond donors (Lipinski definition) is 3. The average molecular weight is 628 g/mol. The van der Waals surface area contributed by atoms with Gasteiger partial charge in [0.15, 0.2) is 0 Å². The number of aliphatic hydroxyl groups is 1. The first-order valence-corrected chi connectivity index (χ1v) is 16.5. The molecular weight excluding hydrogens is 582 g/mol. The van der Waals surface area contributed by atoms with Crippen LogP contribution in [0, 0.1) is 0 Å². The fourth-order valence-electron chi connectivity index (χ4n) is 5.86. The molecule has 1 saturated carbocycles. The maximum absolute atomic E-state index is 12.2. The molecule has 1 amide bonds. The van der Waals surface area contributed by atoms with Crippen LogP contribution in [0.1, 0.15) is 58.8 Å².